The van der Waals surface area contributed by atoms with E-state index < -0.39 is 5.60 Å². The van der Waals surface area contributed by atoms with Crippen molar-refractivity contribution in [2.45, 2.75) is 91.6 Å². The Bertz CT molecular complexity index is 584. The van der Waals surface area contributed by atoms with Crippen molar-refractivity contribution in [2.75, 3.05) is 0 Å². The molecular weight excluding hydrogens is 320 g/mol. The van der Waals surface area contributed by atoms with Gasteiger partial charge >= 0.3 is 5.97 Å². The van der Waals surface area contributed by atoms with E-state index in [0.29, 0.717) is 0 Å². The molecule has 1 aromatic carbocycles. The van der Waals surface area contributed by atoms with Crippen molar-refractivity contribution < 1.29 is 9.53 Å². The lowest BCUT2D eigenvalue weighted by molar-refractivity contribution is -0.164. The highest BCUT2D eigenvalue weighted by Gasteiger charge is 2.33. The van der Waals surface area contributed by atoms with Crippen LogP contribution in [0.4, 0.5) is 0 Å². The lowest BCUT2D eigenvalue weighted by Gasteiger charge is -2.33. The molecule has 0 aliphatic heterocycles. The Hall–Kier alpha value is -1.31. The normalized spacial score (nSPS) is 22.7. The molecule has 1 aliphatic rings. The summed E-state index contributed by atoms with van der Waals surface area (Å²) in [6.07, 6.45) is 5.52. The number of hydrogen-bond donors (Lipinski definition) is 0. The van der Waals surface area contributed by atoms with Crippen molar-refractivity contribution in [3.63, 3.8) is 0 Å². The van der Waals surface area contributed by atoms with Crippen LogP contribution in [0.5, 0.6) is 0 Å². The van der Waals surface area contributed by atoms with Crippen LogP contribution in [0.25, 0.3) is 0 Å². The monoisotopic (exact) mass is 358 g/mol. The van der Waals surface area contributed by atoms with Crippen LogP contribution >= 0.6 is 0 Å². The highest BCUT2D eigenvalue weighted by Crippen LogP contribution is 2.37. The van der Waals surface area contributed by atoms with Gasteiger partial charge in [-0.3, -0.25) is 4.79 Å². The molecule has 0 aromatic heterocycles. The molecule has 1 aromatic rings. The zero-order valence-electron chi connectivity index (χ0n) is 17.9. The van der Waals surface area contributed by atoms with Crippen molar-refractivity contribution >= 4 is 5.97 Å². The van der Waals surface area contributed by atoms with Crippen molar-refractivity contribution in [1.82, 2.24) is 0 Å². The topological polar surface area (TPSA) is 26.3 Å². The Morgan fingerprint density at radius 2 is 1.50 bits per heavy atom. The maximum atomic E-state index is 12.7. The van der Waals surface area contributed by atoms with Crippen LogP contribution in [0.15, 0.2) is 24.3 Å². The van der Waals surface area contributed by atoms with Crippen LogP contribution in [-0.4, -0.2) is 5.97 Å². The first-order chi connectivity index (χ1) is 12.0. The van der Waals surface area contributed by atoms with Gasteiger partial charge in [0.25, 0.3) is 0 Å². The molecule has 2 rings (SSSR count). The van der Waals surface area contributed by atoms with Gasteiger partial charge in [-0.05, 0) is 67.9 Å². The molecule has 0 N–H and O–H groups in total. The first-order valence-electron chi connectivity index (χ1n) is 10.4. The van der Waals surface area contributed by atoms with Crippen molar-refractivity contribution in [3.05, 3.63) is 35.4 Å². The van der Waals surface area contributed by atoms with E-state index >= 15 is 0 Å². The Balaban J connectivity index is 1.97. The maximum Gasteiger partial charge on any atom is 0.309 e. The molecule has 1 atom stereocenters. The predicted octanol–water partition coefficient (Wildman–Crippen LogP) is 6.61. The van der Waals surface area contributed by atoms with Gasteiger partial charge < -0.3 is 4.74 Å². The molecule has 0 amide bonds. The summed E-state index contributed by atoms with van der Waals surface area (Å²) in [5.74, 6) is 1.60. The second-order valence-electron chi connectivity index (χ2n) is 9.76. The zero-order chi connectivity index (χ0) is 19.5. The second-order valence-corrected chi connectivity index (χ2v) is 9.76. The molecule has 0 radical (unpaired) electrons. The molecule has 1 aliphatic carbocycles. The molecule has 0 bridgehead atoms. The van der Waals surface area contributed by atoms with E-state index in [1.165, 1.54) is 12.0 Å². The fraction of sp³-hybridized carbons (Fsp3) is 0.708. The number of ether oxygens (including phenoxy) is 1. The van der Waals surface area contributed by atoms with Gasteiger partial charge in [-0.15, -0.1) is 0 Å². The minimum Gasteiger partial charge on any atom is -0.455 e. The molecule has 1 fully saturated rings. The van der Waals surface area contributed by atoms with Gasteiger partial charge in [0.1, 0.15) is 5.60 Å². The van der Waals surface area contributed by atoms with Gasteiger partial charge in [-0.2, -0.15) is 0 Å². The minimum absolute atomic E-state index is 0.0162. The fourth-order valence-corrected chi connectivity index (χ4v) is 4.02. The summed E-state index contributed by atoms with van der Waals surface area (Å²) in [5.41, 5.74) is 1.91. The van der Waals surface area contributed by atoms with Crippen LogP contribution in [0.2, 0.25) is 0 Å². The SMILES string of the molecule is CCC(C)C1CCC(C(=O)OC(C)(C)c2ccc(C(C)(C)C)cc2)CC1. The van der Waals surface area contributed by atoms with Gasteiger partial charge in [0.05, 0.1) is 5.92 Å². The van der Waals surface area contributed by atoms with Gasteiger partial charge in [-0.1, -0.05) is 65.3 Å². The summed E-state index contributed by atoms with van der Waals surface area (Å²) < 4.78 is 5.97. The summed E-state index contributed by atoms with van der Waals surface area (Å²) in [6.45, 7) is 15.2. The average Bonchev–Trinajstić information content (AvgIpc) is 2.60. The third-order valence-corrected chi connectivity index (χ3v) is 6.36. The van der Waals surface area contributed by atoms with Gasteiger partial charge in [0, 0.05) is 0 Å². The van der Waals surface area contributed by atoms with E-state index in [1.54, 1.807) is 0 Å². The maximum absolute atomic E-state index is 12.7. The van der Waals surface area contributed by atoms with E-state index in [9.17, 15) is 4.79 Å². The number of benzene rings is 1. The van der Waals surface area contributed by atoms with Crippen LogP contribution in [0, 0.1) is 17.8 Å². The number of hydrogen-bond acceptors (Lipinski definition) is 2. The standard InChI is InChI=1S/C24H38O2/c1-8-17(2)18-9-11-19(12-10-18)22(25)26-24(6,7)21-15-13-20(14-16-21)23(3,4)5/h13-19H,8-12H2,1-7H3. The van der Waals surface area contributed by atoms with Crippen molar-refractivity contribution in [1.29, 1.82) is 0 Å². The molecule has 2 heteroatoms. The summed E-state index contributed by atoms with van der Waals surface area (Å²) >= 11 is 0. The lowest BCUT2D eigenvalue weighted by atomic mass is 9.75. The molecule has 0 saturated heterocycles. The van der Waals surface area contributed by atoms with Gasteiger partial charge in [0.15, 0.2) is 0 Å². The van der Waals surface area contributed by atoms with Gasteiger partial charge in [-0.25, -0.2) is 0 Å². The average molecular weight is 359 g/mol. The largest absolute Gasteiger partial charge is 0.455 e. The molecule has 1 unspecified atom stereocenters. The summed E-state index contributed by atoms with van der Waals surface area (Å²) in [4.78, 5) is 12.7. The molecule has 0 heterocycles. The van der Waals surface area contributed by atoms with Crippen LogP contribution in [-0.2, 0) is 20.5 Å². The number of carbonyl (C=O) groups excluding carboxylic acids is 1. The van der Waals surface area contributed by atoms with E-state index in [4.69, 9.17) is 4.74 Å². The third-order valence-electron chi connectivity index (χ3n) is 6.36. The van der Waals surface area contributed by atoms with E-state index in [-0.39, 0.29) is 17.3 Å². The van der Waals surface area contributed by atoms with Crippen LogP contribution in [0.3, 0.4) is 0 Å². The van der Waals surface area contributed by atoms with E-state index in [1.807, 2.05) is 13.8 Å². The highest BCUT2D eigenvalue weighted by atomic mass is 16.6. The van der Waals surface area contributed by atoms with Crippen molar-refractivity contribution in [3.8, 4) is 0 Å². The second kappa shape index (κ2) is 8.15. The molecule has 146 valence electrons. The predicted molar refractivity (Wildman–Crippen MR) is 109 cm³/mol. The Kier molecular flexibility index (Phi) is 6.58. The summed E-state index contributed by atoms with van der Waals surface area (Å²) in [5, 5.41) is 0. The summed E-state index contributed by atoms with van der Waals surface area (Å²) in [7, 11) is 0. The van der Waals surface area contributed by atoms with E-state index in [2.05, 4.69) is 58.9 Å². The lowest BCUT2D eigenvalue weighted by Crippen LogP contribution is -2.32. The quantitative estimate of drug-likeness (QED) is 0.553. The first-order valence-corrected chi connectivity index (χ1v) is 10.4. The third kappa shape index (κ3) is 5.11. The smallest absolute Gasteiger partial charge is 0.309 e. The number of esters is 1. The number of carbonyl (C=O) groups is 1. The van der Waals surface area contributed by atoms with Crippen LogP contribution in [0.1, 0.15) is 91.7 Å². The van der Waals surface area contributed by atoms with E-state index in [0.717, 1.165) is 43.1 Å². The molecule has 1 saturated carbocycles. The summed E-state index contributed by atoms with van der Waals surface area (Å²) in [6, 6.07) is 8.52. The first kappa shape index (κ1) is 21.0. The minimum atomic E-state index is -0.582. The molecular formula is C24H38O2. The highest BCUT2D eigenvalue weighted by molar-refractivity contribution is 5.73. The molecule has 26 heavy (non-hydrogen) atoms. The van der Waals surface area contributed by atoms with Crippen molar-refractivity contribution in [2.24, 2.45) is 17.8 Å². The molecule has 2 nitrogen and oxygen atoms in total. The van der Waals surface area contributed by atoms with Gasteiger partial charge in [0.2, 0.25) is 0 Å². The molecule has 0 spiro atoms. The Labute approximate surface area is 160 Å². The fourth-order valence-electron chi connectivity index (χ4n) is 4.02. The Morgan fingerprint density at radius 1 is 1.00 bits per heavy atom. The number of rotatable bonds is 5. The Morgan fingerprint density at radius 3 is 1.96 bits per heavy atom. The van der Waals surface area contributed by atoms with Crippen LogP contribution < -0.4 is 0 Å². The zero-order valence-corrected chi connectivity index (χ0v) is 17.9.